The van der Waals surface area contributed by atoms with Gasteiger partial charge in [0.15, 0.2) is 11.6 Å². The van der Waals surface area contributed by atoms with Crippen molar-refractivity contribution in [1.82, 2.24) is 9.88 Å². The van der Waals surface area contributed by atoms with Crippen molar-refractivity contribution in [1.29, 1.82) is 0 Å². The van der Waals surface area contributed by atoms with E-state index in [1.807, 2.05) is 6.92 Å². The normalized spacial score (nSPS) is 18.3. The van der Waals surface area contributed by atoms with Crippen LogP contribution in [0.1, 0.15) is 41.1 Å². The van der Waals surface area contributed by atoms with Crippen LogP contribution in [0, 0.1) is 18.6 Å². The molecule has 1 saturated heterocycles. The monoisotopic (exact) mass is 338 g/mol. The maximum atomic E-state index is 13.3. The molecule has 124 valence electrons. The van der Waals surface area contributed by atoms with E-state index in [9.17, 15) is 13.9 Å². The Morgan fingerprint density at radius 2 is 2.04 bits per heavy atom. The predicted octanol–water partition coefficient (Wildman–Crippen LogP) is 3.64. The van der Waals surface area contributed by atoms with Crippen LogP contribution in [-0.4, -0.2) is 34.6 Å². The average Bonchev–Trinajstić information content (AvgIpc) is 2.97. The van der Waals surface area contributed by atoms with Crippen molar-refractivity contribution >= 4 is 11.3 Å². The molecule has 1 aromatic carbocycles. The van der Waals surface area contributed by atoms with Crippen molar-refractivity contribution in [2.24, 2.45) is 0 Å². The van der Waals surface area contributed by atoms with Crippen molar-refractivity contribution in [3.8, 4) is 0 Å². The topological polar surface area (TPSA) is 36.4 Å². The fraction of sp³-hybridized carbons (Fsp3) is 0.471. The first-order chi connectivity index (χ1) is 11.0. The number of likely N-dealkylation sites (tertiary alicyclic amines) is 1. The van der Waals surface area contributed by atoms with E-state index in [0.717, 1.165) is 43.8 Å². The summed E-state index contributed by atoms with van der Waals surface area (Å²) in [5.41, 5.74) is 1.49. The lowest BCUT2D eigenvalue weighted by Gasteiger charge is -2.32. The molecule has 0 spiro atoms. The first-order valence-corrected chi connectivity index (χ1v) is 8.68. The van der Waals surface area contributed by atoms with E-state index < -0.39 is 17.7 Å². The second kappa shape index (κ2) is 7.03. The van der Waals surface area contributed by atoms with Gasteiger partial charge in [-0.25, -0.2) is 13.8 Å². The number of aliphatic hydroxyl groups excluding tert-OH is 1. The highest BCUT2D eigenvalue weighted by molar-refractivity contribution is 7.09. The highest BCUT2D eigenvalue weighted by Crippen LogP contribution is 2.31. The van der Waals surface area contributed by atoms with Gasteiger partial charge in [-0.15, -0.1) is 11.3 Å². The van der Waals surface area contributed by atoms with Gasteiger partial charge in [-0.3, -0.25) is 0 Å². The summed E-state index contributed by atoms with van der Waals surface area (Å²) < 4.78 is 26.2. The lowest BCUT2D eigenvalue weighted by Crippen LogP contribution is -2.36. The zero-order valence-corrected chi connectivity index (χ0v) is 13.8. The molecule has 1 fully saturated rings. The second-order valence-corrected chi connectivity index (χ2v) is 6.98. The molecule has 0 radical (unpaired) electrons. The number of hydrogen-bond acceptors (Lipinski definition) is 4. The van der Waals surface area contributed by atoms with Crippen LogP contribution in [0.25, 0.3) is 0 Å². The fourth-order valence-electron chi connectivity index (χ4n) is 2.99. The summed E-state index contributed by atoms with van der Waals surface area (Å²) in [6, 6.07) is 3.57. The van der Waals surface area contributed by atoms with Crippen LogP contribution in [0.5, 0.6) is 0 Å². The maximum Gasteiger partial charge on any atom is 0.159 e. The summed E-state index contributed by atoms with van der Waals surface area (Å²) >= 11 is 1.71. The molecule has 2 aromatic rings. The summed E-state index contributed by atoms with van der Waals surface area (Å²) in [5.74, 6) is -1.31. The molecule has 1 atom stereocenters. The molecule has 6 heteroatoms. The van der Waals surface area contributed by atoms with Crippen LogP contribution in [0.15, 0.2) is 23.6 Å². The number of hydrogen-bond donors (Lipinski definition) is 1. The fourth-order valence-corrected chi connectivity index (χ4v) is 3.96. The Kier molecular flexibility index (Phi) is 5.04. The number of halogens is 2. The molecular weight excluding hydrogens is 318 g/mol. The number of thiazole rings is 1. The summed E-state index contributed by atoms with van der Waals surface area (Å²) in [4.78, 5) is 6.73. The molecule has 0 aliphatic carbocycles. The zero-order valence-electron chi connectivity index (χ0n) is 13.0. The molecule has 23 heavy (non-hydrogen) atoms. The number of aliphatic hydroxyl groups is 1. The number of piperidine rings is 1. The van der Waals surface area contributed by atoms with Gasteiger partial charge in [0.1, 0.15) is 0 Å². The third-order valence-electron chi connectivity index (χ3n) is 4.33. The Hall–Kier alpha value is -1.37. The summed E-state index contributed by atoms with van der Waals surface area (Å²) in [7, 11) is 0. The van der Waals surface area contributed by atoms with E-state index in [1.54, 1.807) is 11.3 Å². The summed E-state index contributed by atoms with van der Waals surface area (Å²) in [6.07, 6.45) is 1.22. The second-order valence-electron chi connectivity index (χ2n) is 6.09. The number of aromatic nitrogens is 1. The van der Waals surface area contributed by atoms with E-state index in [-0.39, 0.29) is 0 Å². The van der Waals surface area contributed by atoms with Crippen LogP contribution >= 0.6 is 11.3 Å². The predicted molar refractivity (Wildman–Crippen MR) is 86.6 cm³/mol. The van der Waals surface area contributed by atoms with Crippen molar-refractivity contribution in [2.75, 3.05) is 19.6 Å². The van der Waals surface area contributed by atoms with Gasteiger partial charge in [0.2, 0.25) is 0 Å². The van der Waals surface area contributed by atoms with Crippen LogP contribution in [0.4, 0.5) is 8.78 Å². The zero-order chi connectivity index (χ0) is 16.4. The molecule has 2 heterocycles. The van der Waals surface area contributed by atoms with Gasteiger partial charge in [-0.1, -0.05) is 6.07 Å². The first kappa shape index (κ1) is 16.5. The van der Waals surface area contributed by atoms with E-state index in [0.29, 0.717) is 18.0 Å². The Labute approximate surface area is 138 Å². The molecule has 1 aliphatic heterocycles. The molecule has 0 saturated carbocycles. The third-order valence-corrected chi connectivity index (χ3v) is 5.46. The molecular formula is C17H20F2N2OS. The van der Waals surface area contributed by atoms with Crippen molar-refractivity contribution in [3.63, 3.8) is 0 Å². The minimum absolute atomic E-state index is 0.418. The van der Waals surface area contributed by atoms with Crippen LogP contribution in [0.2, 0.25) is 0 Å². The van der Waals surface area contributed by atoms with E-state index >= 15 is 0 Å². The molecule has 1 unspecified atom stereocenters. The number of nitrogens with zero attached hydrogens (tertiary/aromatic N) is 2. The van der Waals surface area contributed by atoms with Crippen LogP contribution in [0.3, 0.4) is 0 Å². The number of benzene rings is 1. The maximum absolute atomic E-state index is 13.3. The van der Waals surface area contributed by atoms with E-state index in [1.165, 1.54) is 11.1 Å². The third kappa shape index (κ3) is 3.94. The molecule has 3 rings (SSSR count). The largest absolute Gasteiger partial charge is 0.387 e. The summed E-state index contributed by atoms with van der Waals surface area (Å²) in [5, 5.41) is 13.5. The van der Waals surface area contributed by atoms with Gasteiger partial charge in [0.05, 0.1) is 11.1 Å². The van der Waals surface area contributed by atoms with Gasteiger partial charge in [-0.05, 0) is 50.6 Å². The van der Waals surface area contributed by atoms with Crippen LogP contribution in [-0.2, 0) is 0 Å². The van der Waals surface area contributed by atoms with Crippen molar-refractivity contribution < 1.29 is 13.9 Å². The molecule has 1 aromatic heterocycles. The van der Waals surface area contributed by atoms with Crippen LogP contribution < -0.4 is 0 Å². The lowest BCUT2D eigenvalue weighted by molar-refractivity contribution is 0.0969. The van der Waals surface area contributed by atoms with Gasteiger partial charge in [-0.2, -0.15) is 0 Å². The van der Waals surface area contributed by atoms with E-state index in [2.05, 4.69) is 15.3 Å². The Balaban J connectivity index is 1.54. The Morgan fingerprint density at radius 3 is 2.65 bits per heavy atom. The van der Waals surface area contributed by atoms with Gasteiger partial charge >= 0.3 is 0 Å². The van der Waals surface area contributed by atoms with Crippen molar-refractivity contribution in [3.05, 3.63) is 51.5 Å². The first-order valence-electron chi connectivity index (χ1n) is 7.80. The van der Waals surface area contributed by atoms with Gasteiger partial charge in [0, 0.05) is 23.5 Å². The number of rotatable bonds is 4. The standard InChI is InChI=1S/C17H20F2N2OS/c1-11-10-23-17(20-11)12-4-6-21(7-5-12)9-16(22)13-2-3-14(18)15(19)8-13/h2-3,8,10,12,16,22H,4-7,9H2,1H3. The quantitative estimate of drug-likeness (QED) is 0.924. The smallest absolute Gasteiger partial charge is 0.159 e. The average molecular weight is 338 g/mol. The highest BCUT2D eigenvalue weighted by Gasteiger charge is 2.24. The summed E-state index contributed by atoms with van der Waals surface area (Å²) in [6.45, 7) is 4.20. The molecule has 1 N–H and O–H groups in total. The van der Waals surface area contributed by atoms with Gasteiger partial charge < -0.3 is 10.0 Å². The van der Waals surface area contributed by atoms with Crippen molar-refractivity contribution in [2.45, 2.75) is 31.8 Å². The minimum atomic E-state index is -0.917. The lowest BCUT2D eigenvalue weighted by atomic mass is 9.97. The molecule has 0 amide bonds. The van der Waals surface area contributed by atoms with E-state index in [4.69, 9.17) is 0 Å². The highest BCUT2D eigenvalue weighted by atomic mass is 32.1. The Bertz CT molecular complexity index is 668. The molecule has 1 aliphatic rings. The number of aryl methyl sites for hydroxylation is 1. The molecule has 3 nitrogen and oxygen atoms in total. The molecule has 0 bridgehead atoms. The number of β-amino-alcohol motifs (C(OH)–C–C–N with tert-alkyl or cyclic N) is 1. The van der Waals surface area contributed by atoms with Gasteiger partial charge in [0.25, 0.3) is 0 Å². The Morgan fingerprint density at radius 1 is 1.30 bits per heavy atom. The minimum Gasteiger partial charge on any atom is -0.387 e. The SMILES string of the molecule is Cc1csc(C2CCN(CC(O)c3ccc(F)c(F)c3)CC2)n1.